The Kier molecular flexibility index (Phi) is 6.51. The van der Waals surface area contributed by atoms with E-state index < -0.39 is 0 Å². The molecule has 0 amide bonds. The molecule has 5 heteroatoms. The van der Waals surface area contributed by atoms with Gasteiger partial charge in [-0.2, -0.15) is 0 Å². The smallest absolute Gasteiger partial charge is 0.191 e. The Bertz CT molecular complexity index is 662. The van der Waals surface area contributed by atoms with Gasteiger partial charge in [0.2, 0.25) is 0 Å². The average Bonchev–Trinajstić information content (AvgIpc) is 3.15. The van der Waals surface area contributed by atoms with Crippen molar-refractivity contribution in [3.8, 4) is 0 Å². The predicted octanol–water partition coefficient (Wildman–Crippen LogP) is 2.10. The molecule has 25 heavy (non-hydrogen) atoms. The van der Waals surface area contributed by atoms with E-state index in [1.54, 1.807) is 0 Å². The fourth-order valence-corrected chi connectivity index (χ4v) is 3.21. The zero-order valence-corrected chi connectivity index (χ0v) is 15.1. The van der Waals surface area contributed by atoms with E-state index >= 15 is 0 Å². The number of aliphatic imine (C=N–C) groups is 1. The summed E-state index contributed by atoms with van der Waals surface area (Å²) >= 11 is 0. The fraction of sp³-hybridized carbons (Fsp3) is 0.450. The van der Waals surface area contributed by atoms with Crippen LogP contribution in [0.2, 0.25) is 0 Å². The maximum absolute atomic E-state index is 4.73. The van der Waals surface area contributed by atoms with Gasteiger partial charge in [-0.3, -0.25) is 9.89 Å². The van der Waals surface area contributed by atoms with E-state index in [0.717, 1.165) is 58.2 Å². The first kappa shape index (κ1) is 17.5. The van der Waals surface area contributed by atoms with Gasteiger partial charge in [0.05, 0.1) is 6.54 Å². The van der Waals surface area contributed by atoms with Crippen LogP contribution in [0.5, 0.6) is 0 Å². The zero-order valence-electron chi connectivity index (χ0n) is 15.1. The number of guanidine groups is 1. The monoisotopic (exact) mass is 339 g/mol. The molecule has 0 saturated heterocycles. The largest absolute Gasteiger partial charge is 0.357 e. The van der Waals surface area contributed by atoms with Gasteiger partial charge in [0, 0.05) is 51.7 Å². The van der Waals surface area contributed by atoms with E-state index in [1.807, 2.05) is 0 Å². The topological polar surface area (TPSA) is 44.6 Å². The minimum Gasteiger partial charge on any atom is -0.357 e. The second-order valence-corrected chi connectivity index (χ2v) is 6.40. The van der Waals surface area contributed by atoms with Gasteiger partial charge < -0.3 is 15.2 Å². The molecule has 1 aromatic carbocycles. The van der Waals surface area contributed by atoms with Crippen LogP contribution in [0.1, 0.15) is 18.1 Å². The van der Waals surface area contributed by atoms with Gasteiger partial charge in [-0.25, -0.2) is 0 Å². The number of aromatic nitrogens is 1. The van der Waals surface area contributed by atoms with Gasteiger partial charge in [0.15, 0.2) is 5.96 Å². The Morgan fingerprint density at radius 1 is 1.04 bits per heavy atom. The first-order chi connectivity index (χ1) is 12.3. The first-order valence-corrected chi connectivity index (χ1v) is 9.27. The fourth-order valence-electron chi connectivity index (χ4n) is 3.21. The van der Waals surface area contributed by atoms with E-state index in [2.05, 4.69) is 75.8 Å². The van der Waals surface area contributed by atoms with Crippen LogP contribution in [0.4, 0.5) is 0 Å². The molecule has 0 saturated carbocycles. The Balaban J connectivity index is 1.43. The Morgan fingerprint density at radius 3 is 2.64 bits per heavy atom. The molecule has 0 atom stereocenters. The molecular weight excluding hydrogens is 310 g/mol. The van der Waals surface area contributed by atoms with E-state index in [4.69, 9.17) is 4.99 Å². The van der Waals surface area contributed by atoms with Crippen molar-refractivity contribution in [3.05, 3.63) is 59.9 Å². The number of hydrogen-bond donors (Lipinski definition) is 2. The zero-order chi connectivity index (χ0) is 17.3. The number of fused-ring (bicyclic) bond motifs is 1. The average molecular weight is 339 g/mol. The Morgan fingerprint density at radius 2 is 1.84 bits per heavy atom. The molecule has 0 unspecified atom stereocenters. The molecule has 0 spiro atoms. The van der Waals surface area contributed by atoms with Crippen molar-refractivity contribution in [2.45, 2.75) is 26.4 Å². The van der Waals surface area contributed by atoms with Crippen LogP contribution >= 0.6 is 0 Å². The van der Waals surface area contributed by atoms with Crippen LogP contribution in [-0.2, 0) is 19.5 Å². The van der Waals surface area contributed by atoms with Gasteiger partial charge in [-0.05, 0) is 36.6 Å². The molecule has 134 valence electrons. The molecule has 2 heterocycles. The molecule has 0 radical (unpaired) electrons. The van der Waals surface area contributed by atoms with Crippen molar-refractivity contribution in [3.63, 3.8) is 0 Å². The molecule has 1 aliphatic heterocycles. The summed E-state index contributed by atoms with van der Waals surface area (Å²) in [7, 11) is 0. The van der Waals surface area contributed by atoms with Crippen molar-refractivity contribution >= 4 is 5.96 Å². The molecule has 0 bridgehead atoms. The second-order valence-electron chi connectivity index (χ2n) is 6.40. The highest BCUT2D eigenvalue weighted by Crippen LogP contribution is 2.17. The molecule has 5 nitrogen and oxygen atoms in total. The van der Waals surface area contributed by atoms with Gasteiger partial charge in [-0.1, -0.05) is 24.3 Å². The summed E-state index contributed by atoms with van der Waals surface area (Å²) < 4.78 is 2.17. The lowest BCUT2D eigenvalue weighted by Gasteiger charge is -2.28. The van der Waals surface area contributed by atoms with Crippen molar-refractivity contribution in [1.82, 2.24) is 20.1 Å². The molecule has 1 aliphatic rings. The van der Waals surface area contributed by atoms with Crippen LogP contribution in [0.25, 0.3) is 0 Å². The summed E-state index contributed by atoms with van der Waals surface area (Å²) in [4.78, 5) is 7.22. The van der Waals surface area contributed by atoms with Gasteiger partial charge in [-0.15, -0.1) is 0 Å². The summed E-state index contributed by atoms with van der Waals surface area (Å²) in [5, 5.41) is 6.74. The highest BCUT2D eigenvalue weighted by molar-refractivity contribution is 5.79. The van der Waals surface area contributed by atoms with Gasteiger partial charge >= 0.3 is 0 Å². The third-order valence-electron chi connectivity index (χ3n) is 4.57. The number of nitrogens with one attached hydrogen (secondary N) is 2. The lowest BCUT2D eigenvalue weighted by atomic mass is 10.0. The second kappa shape index (κ2) is 9.28. The highest BCUT2D eigenvalue weighted by atomic mass is 15.2. The van der Waals surface area contributed by atoms with Crippen LogP contribution in [0.15, 0.2) is 53.8 Å². The SMILES string of the molecule is CCNC(=NCCN1CCc2ccccc2C1)NCCn1cccc1. The van der Waals surface area contributed by atoms with Crippen LogP contribution in [0.3, 0.4) is 0 Å². The normalized spacial score (nSPS) is 15.0. The molecule has 1 aromatic heterocycles. The van der Waals surface area contributed by atoms with Crippen LogP contribution in [0, 0.1) is 0 Å². The van der Waals surface area contributed by atoms with Gasteiger partial charge in [0.1, 0.15) is 0 Å². The number of nitrogens with zero attached hydrogens (tertiary/aromatic N) is 3. The quantitative estimate of drug-likeness (QED) is 0.600. The summed E-state index contributed by atoms with van der Waals surface area (Å²) in [5.74, 6) is 0.909. The number of benzene rings is 1. The van der Waals surface area contributed by atoms with Crippen molar-refractivity contribution in [2.75, 3.05) is 32.7 Å². The molecule has 3 rings (SSSR count). The predicted molar refractivity (Wildman–Crippen MR) is 104 cm³/mol. The van der Waals surface area contributed by atoms with Crippen molar-refractivity contribution < 1.29 is 0 Å². The van der Waals surface area contributed by atoms with Crippen molar-refractivity contribution in [2.24, 2.45) is 4.99 Å². The summed E-state index contributed by atoms with van der Waals surface area (Å²) in [5.41, 5.74) is 2.97. The summed E-state index contributed by atoms with van der Waals surface area (Å²) in [6.07, 6.45) is 5.31. The van der Waals surface area contributed by atoms with Crippen molar-refractivity contribution in [1.29, 1.82) is 0 Å². The molecule has 0 fully saturated rings. The van der Waals surface area contributed by atoms with Gasteiger partial charge in [0.25, 0.3) is 0 Å². The van der Waals surface area contributed by atoms with Crippen LogP contribution in [-0.4, -0.2) is 48.2 Å². The lowest BCUT2D eigenvalue weighted by molar-refractivity contribution is 0.261. The molecular formula is C20H29N5. The van der Waals surface area contributed by atoms with E-state index in [9.17, 15) is 0 Å². The molecule has 2 N–H and O–H groups in total. The highest BCUT2D eigenvalue weighted by Gasteiger charge is 2.14. The summed E-state index contributed by atoms with van der Waals surface area (Å²) in [6, 6.07) is 12.9. The lowest BCUT2D eigenvalue weighted by Crippen LogP contribution is -2.39. The van der Waals surface area contributed by atoms with E-state index in [-0.39, 0.29) is 0 Å². The van der Waals surface area contributed by atoms with E-state index in [1.165, 1.54) is 11.1 Å². The minimum atomic E-state index is 0.820. The number of rotatable bonds is 7. The third-order valence-corrected chi connectivity index (χ3v) is 4.57. The Hall–Kier alpha value is -2.27. The van der Waals surface area contributed by atoms with Crippen LogP contribution < -0.4 is 10.6 Å². The maximum Gasteiger partial charge on any atom is 0.191 e. The minimum absolute atomic E-state index is 0.820. The van der Waals surface area contributed by atoms with E-state index in [0.29, 0.717) is 0 Å². The Labute approximate surface area is 150 Å². The number of hydrogen-bond acceptors (Lipinski definition) is 2. The standard InChI is InChI=1S/C20H29N5/c1-2-21-20(22-10-15-24-12-5-6-13-24)23-11-16-25-14-9-18-7-3-4-8-19(18)17-25/h3-8,12-13H,2,9-11,14-17H2,1H3,(H2,21,22,23). The summed E-state index contributed by atoms with van der Waals surface area (Å²) in [6.45, 7) is 8.80. The third kappa shape index (κ3) is 5.36. The maximum atomic E-state index is 4.73. The molecule has 0 aliphatic carbocycles. The molecule has 2 aromatic rings. The first-order valence-electron chi connectivity index (χ1n) is 9.27.